The largest absolute Gasteiger partial charge is 0.419 e. The molecule has 0 unspecified atom stereocenters. The van der Waals surface area contributed by atoms with Crippen LogP contribution in [0.4, 0.5) is 28.9 Å². The van der Waals surface area contributed by atoms with E-state index in [0.717, 1.165) is 18.2 Å². The van der Waals surface area contributed by atoms with Gasteiger partial charge in [-0.3, -0.25) is 14.9 Å². The molecule has 0 aromatic heterocycles. The van der Waals surface area contributed by atoms with Crippen LogP contribution >= 0.6 is 11.6 Å². The van der Waals surface area contributed by atoms with Gasteiger partial charge < -0.3 is 5.32 Å². The molecule has 126 valence electrons. The van der Waals surface area contributed by atoms with Crippen LogP contribution < -0.4 is 5.32 Å². The molecule has 2 rings (SSSR count). The maximum atomic E-state index is 13.2. The Morgan fingerprint density at radius 3 is 2.42 bits per heavy atom. The van der Waals surface area contributed by atoms with Crippen LogP contribution in [-0.4, -0.2) is 10.8 Å². The summed E-state index contributed by atoms with van der Waals surface area (Å²) >= 11 is 5.67. The van der Waals surface area contributed by atoms with Crippen molar-refractivity contribution in [2.45, 2.75) is 6.18 Å². The van der Waals surface area contributed by atoms with Crippen LogP contribution in [0.5, 0.6) is 0 Å². The lowest BCUT2D eigenvalue weighted by Crippen LogP contribution is -2.15. The van der Waals surface area contributed by atoms with E-state index in [1.807, 2.05) is 0 Å². The van der Waals surface area contributed by atoms with E-state index in [2.05, 4.69) is 5.32 Å². The fourth-order valence-corrected chi connectivity index (χ4v) is 2.04. The maximum absolute atomic E-state index is 13.2. The number of hydrogen-bond donors (Lipinski definition) is 1. The molecule has 5 nitrogen and oxygen atoms in total. The first kappa shape index (κ1) is 17.7. The van der Waals surface area contributed by atoms with Gasteiger partial charge in [-0.1, -0.05) is 11.6 Å². The van der Waals surface area contributed by atoms with Crippen LogP contribution in [0.25, 0.3) is 0 Å². The summed E-state index contributed by atoms with van der Waals surface area (Å²) in [6.07, 6.45) is -4.95. The molecule has 0 saturated heterocycles. The van der Waals surface area contributed by atoms with E-state index >= 15 is 0 Å². The second kappa shape index (κ2) is 6.44. The van der Waals surface area contributed by atoms with Crippen LogP contribution in [-0.2, 0) is 6.18 Å². The minimum atomic E-state index is -4.95. The number of benzene rings is 2. The third kappa shape index (κ3) is 3.80. The van der Waals surface area contributed by atoms with Crippen molar-refractivity contribution in [3.8, 4) is 0 Å². The molecule has 0 radical (unpaired) electrons. The summed E-state index contributed by atoms with van der Waals surface area (Å²) in [6.45, 7) is 0. The highest BCUT2D eigenvalue weighted by molar-refractivity contribution is 6.31. The molecule has 0 heterocycles. The molecule has 1 amide bonds. The number of nitrogens with one attached hydrogen (secondary N) is 1. The smallest absolute Gasteiger partial charge is 0.322 e. The van der Waals surface area contributed by atoms with Gasteiger partial charge in [-0.05, 0) is 30.3 Å². The third-order valence-electron chi connectivity index (χ3n) is 2.93. The molecule has 0 saturated carbocycles. The number of rotatable bonds is 3. The van der Waals surface area contributed by atoms with E-state index in [1.165, 1.54) is 6.07 Å². The number of halogens is 5. The van der Waals surface area contributed by atoms with Crippen molar-refractivity contribution >= 4 is 28.9 Å². The molecule has 24 heavy (non-hydrogen) atoms. The summed E-state index contributed by atoms with van der Waals surface area (Å²) in [7, 11) is 0. The van der Waals surface area contributed by atoms with Crippen LogP contribution in [0.1, 0.15) is 15.9 Å². The Balaban J connectivity index is 2.38. The van der Waals surface area contributed by atoms with Crippen molar-refractivity contribution in [1.82, 2.24) is 0 Å². The van der Waals surface area contributed by atoms with E-state index in [9.17, 15) is 32.5 Å². The van der Waals surface area contributed by atoms with Crippen molar-refractivity contribution in [3.05, 3.63) is 68.5 Å². The van der Waals surface area contributed by atoms with E-state index in [0.29, 0.717) is 12.1 Å². The average Bonchev–Trinajstić information content (AvgIpc) is 2.47. The number of alkyl halides is 3. The van der Waals surface area contributed by atoms with Crippen LogP contribution in [0.15, 0.2) is 36.4 Å². The van der Waals surface area contributed by atoms with Gasteiger partial charge >= 0.3 is 6.18 Å². The van der Waals surface area contributed by atoms with Crippen LogP contribution in [0.2, 0.25) is 5.02 Å². The zero-order valence-electron chi connectivity index (χ0n) is 11.5. The second-order valence-corrected chi connectivity index (χ2v) is 5.00. The van der Waals surface area contributed by atoms with Gasteiger partial charge in [0, 0.05) is 16.8 Å². The highest BCUT2D eigenvalue weighted by Crippen LogP contribution is 2.33. The summed E-state index contributed by atoms with van der Waals surface area (Å²) in [6, 6.07) is 5.01. The van der Waals surface area contributed by atoms with Crippen molar-refractivity contribution in [1.29, 1.82) is 0 Å². The molecule has 10 heteroatoms. The number of amides is 1. The van der Waals surface area contributed by atoms with Crippen molar-refractivity contribution in [2.75, 3.05) is 5.32 Å². The summed E-state index contributed by atoms with van der Waals surface area (Å²) in [4.78, 5) is 22.2. The molecule has 0 aliphatic carbocycles. The predicted molar refractivity (Wildman–Crippen MR) is 77.5 cm³/mol. The second-order valence-electron chi connectivity index (χ2n) is 4.57. The predicted octanol–water partition coefficient (Wildman–Crippen LogP) is 4.66. The Bertz CT molecular complexity index is 824. The number of carbonyl (C=O) groups excluding carboxylic acids is 1. The average molecular weight is 363 g/mol. The molecule has 0 spiro atoms. The van der Waals surface area contributed by atoms with Gasteiger partial charge in [-0.2, -0.15) is 13.2 Å². The molecule has 0 atom stereocenters. The van der Waals surface area contributed by atoms with E-state index in [-0.39, 0.29) is 10.7 Å². The number of carbonyl (C=O) groups is 1. The Hall–Kier alpha value is -2.68. The highest BCUT2D eigenvalue weighted by Gasteiger charge is 2.34. The van der Waals surface area contributed by atoms with Crippen molar-refractivity contribution in [2.24, 2.45) is 0 Å². The quantitative estimate of drug-likeness (QED) is 0.490. The third-order valence-corrected chi connectivity index (χ3v) is 3.16. The standard InChI is InChI=1S/C14H7ClF4N2O3/c15-7-1-4-12(21(23)24)9(5-7)13(22)20-8-2-3-11(16)10(6-8)14(17,18)19/h1-6H,(H,20,22). The van der Waals surface area contributed by atoms with E-state index < -0.39 is 39.6 Å². The first-order valence-corrected chi connectivity index (χ1v) is 6.59. The molecule has 2 aromatic rings. The zero-order chi connectivity index (χ0) is 18.1. The van der Waals surface area contributed by atoms with Gasteiger partial charge in [-0.15, -0.1) is 0 Å². The van der Waals surface area contributed by atoms with Crippen molar-refractivity contribution < 1.29 is 27.3 Å². The summed E-state index contributed by atoms with van der Waals surface area (Å²) in [5, 5.41) is 13.0. The Morgan fingerprint density at radius 2 is 1.83 bits per heavy atom. The van der Waals surface area contributed by atoms with E-state index in [4.69, 9.17) is 11.6 Å². The number of anilines is 1. The lowest BCUT2D eigenvalue weighted by atomic mass is 10.1. The van der Waals surface area contributed by atoms with Crippen molar-refractivity contribution in [3.63, 3.8) is 0 Å². The molecular weight excluding hydrogens is 356 g/mol. The minimum Gasteiger partial charge on any atom is -0.322 e. The summed E-state index contributed by atoms with van der Waals surface area (Å²) < 4.78 is 51.2. The topological polar surface area (TPSA) is 72.2 Å². The Kier molecular flexibility index (Phi) is 4.74. The first-order valence-electron chi connectivity index (χ1n) is 6.21. The van der Waals surface area contributed by atoms with Crippen LogP contribution in [0.3, 0.4) is 0 Å². The van der Waals surface area contributed by atoms with Gasteiger partial charge in [0.1, 0.15) is 11.4 Å². The molecular formula is C14H7ClF4N2O3. The lowest BCUT2D eigenvalue weighted by molar-refractivity contribution is -0.385. The summed E-state index contributed by atoms with van der Waals surface area (Å²) in [5.74, 6) is -2.56. The lowest BCUT2D eigenvalue weighted by Gasteiger charge is -2.11. The Labute approximate surface area is 137 Å². The summed E-state index contributed by atoms with van der Waals surface area (Å²) in [5.41, 5.74) is -2.95. The fraction of sp³-hybridized carbons (Fsp3) is 0.0714. The molecule has 0 bridgehead atoms. The van der Waals surface area contributed by atoms with Gasteiger partial charge in [0.05, 0.1) is 10.5 Å². The molecule has 2 aromatic carbocycles. The maximum Gasteiger partial charge on any atom is 0.419 e. The van der Waals surface area contributed by atoms with Gasteiger partial charge in [-0.25, -0.2) is 4.39 Å². The molecule has 0 aliphatic heterocycles. The zero-order valence-corrected chi connectivity index (χ0v) is 12.3. The number of nitrogens with zero attached hydrogens (tertiary/aromatic N) is 1. The molecule has 0 fully saturated rings. The molecule has 1 N–H and O–H groups in total. The minimum absolute atomic E-state index is 0.0286. The number of hydrogen-bond acceptors (Lipinski definition) is 3. The number of nitro groups is 1. The van der Waals surface area contributed by atoms with E-state index in [1.54, 1.807) is 0 Å². The molecule has 0 aliphatic rings. The Morgan fingerprint density at radius 1 is 1.17 bits per heavy atom. The fourth-order valence-electron chi connectivity index (χ4n) is 1.87. The highest BCUT2D eigenvalue weighted by atomic mass is 35.5. The van der Waals surface area contributed by atoms with Crippen LogP contribution in [0, 0.1) is 15.9 Å². The van der Waals surface area contributed by atoms with Gasteiger partial charge in [0.25, 0.3) is 11.6 Å². The van der Waals surface area contributed by atoms with Gasteiger partial charge in [0.15, 0.2) is 0 Å². The normalized spacial score (nSPS) is 11.2. The first-order chi connectivity index (χ1) is 11.1. The monoisotopic (exact) mass is 362 g/mol. The number of nitro benzene ring substituents is 1. The van der Waals surface area contributed by atoms with Gasteiger partial charge in [0.2, 0.25) is 0 Å². The SMILES string of the molecule is O=C(Nc1ccc(F)c(C(F)(F)F)c1)c1cc(Cl)ccc1[N+](=O)[O-].